The molecule has 0 fully saturated rings. The summed E-state index contributed by atoms with van der Waals surface area (Å²) in [4.78, 5) is 27.1. The van der Waals surface area contributed by atoms with E-state index in [0.717, 1.165) is 17.5 Å². The van der Waals surface area contributed by atoms with Gasteiger partial charge < -0.3 is 14.3 Å². The number of hydrogen-bond acceptors (Lipinski definition) is 5. The number of halogens is 1. The van der Waals surface area contributed by atoms with Gasteiger partial charge in [0.15, 0.2) is 0 Å². The molecule has 6 nitrogen and oxygen atoms in total. The molecule has 2 rings (SSSR count). The number of hydrogen-bond donors (Lipinski definition) is 1. The number of aromatic nitrogens is 1. The van der Waals surface area contributed by atoms with E-state index < -0.39 is 11.6 Å². The Bertz CT molecular complexity index is 494. The van der Waals surface area contributed by atoms with E-state index in [4.69, 9.17) is 17.0 Å². The SMILES string of the molecule is CC(C)(C)O.O=CN1Cc2cnc(C(=O)OCl)cc2C1. The summed E-state index contributed by atoms with van der Waals surface area (Å²) < 4.78 is 4.04. The molecule has 0 saturated carbocycles. The second-order valence-electron chi connectivity index (χ2n) is 5.38. The smallest absolute Gasteiger partial charge is 0.374 e. The molecule has 0 aromatic carbocycles. The van der Waals surface area contributed by atoms with Crippen LogP contribution in [0.3, 0.4) is 0 Å². The van der Waals surface area contributed by atoms with Crippen molar-refractivity contribution in [3.05, 3.63) is 29.1 Å². The summed E-state index contributed by atoms with van der Waals surface area (Å²) in [6, 6.07) is 1.59. The Morgan fingerprint density at radius 1 is 1.45 bits per heavy atom. The molecule has 110 valence electrons. The minimum absolute atomic E-state index is 0.150. The van der Waals surface area contributed by atoms with Crippen LogP contribution < -0.4 is 0 Å². The topological polar surface area (TPSA) is 79.7 Å². The highest BCUT2D eigenvalue weighted by Crippen LogP contribution is 2.21. The van der Waals surface area contributed by atoms with Gasteiger partial charge in [0.25, 0.3) is 0 Å². The van der Waals surface area contributed by atoms with Crippen molar-refractivity contribution in [3.63, 3.8) is 0 Å². The van der Waals surface area contributed by atoms with Crippen molar-refractivity contribution in [2.24, 2.45) is 0 Å². The molecule has 0 atom stereocenters. The molecule has 0 aliphatic carbocycles. The first-order valence-corrected chi connectivity index (χ1v) is 6.28. The lowest BCUT2D eigenvalue weighted by Gasteiger charge is -2.04. The van der Waals surface area contributed by atoms with E-state index in [9.17, 15) is 9.59 Å². The Balaban J connectivity index is 0.000000347. The van der Waals surface area contributed by atoms with Gasteiger partial charge in [-0.3, -0.25) is 4.79 Å². The van der Waals surface area contributed by atoms with Gasteiger partial charge in [0, 0.05) is 19.3 Å². The van der Waals surface area contributed by atoms with Crippen LogP contribution in [0, 0.1) is 0 Å². The largest absolute Gasteiger partial charge is 0.391 e. The number of carbonyl (C=O) groups excluding carboxylic acids is 2. The van der Waals surface area contributed by atoms with E-state index in [1.54, 1.807) is 37.9 Å². The van der Waals surface area contributed by atoms with Crippen LogP contribution in [0.25, 0.3) is 0 Å². The van der Waals surface area contributed by atoms with Crippen LogP contribution in [0.15, 0.2) is 12.3 Å². The van der Waals surface area contributed by atoms with Gasteiger partial charge in [-0.2, -0.15) is 0 Å². The number of rotatable bonds is 2. The van der Waals surface area contributed by atoms with Crippen LogP contribution in [-0.2, 0) is 22.2 Å². The highest BCUT2D eigenvalue weighted by atomic mass is 35.5. The standard InChI is InChI=1S/C9H7ClN2O3.C4H10O/c10-15-9(14)8-1-6-3-12(5-13)4-7(6)2-11-8;1-4(2,3)5/h1-2,5H,3-4H2;5H,1-3H3. The van der Waals surface area contributed by atoms with E-state index in [1.807, 2.05) is 0 Å². The van der Waals surface area contributed by atoms with Gasteiger partial charge in [-0.05, 0) is 38.0 Å². The number of fused-ring (bicyclic) bond motifs is 1. The fourth-order valence-corrected chi connectivity index (χ4v) is 1.61. The lowest BCUT2D eigenvalue weighted by Crippen LogP contribution is -2.12. The Kier molecular flexibility index (Phi) is 5.47. The second-order valence-corrected chi connectivity index (χ2v) is 5.54. The molecule has 0 unspecified atom stereocenters. The van der Waals surface area contributed by atoms with Crippen molar-refractivity contribution < 1.29 is 19.0 Å². The summed E-state index contributed by atoms with van der Waals surface area (Å²) in [5.41, 5.74) is 1.49. The summed E-state index contributed by atoms with van der Waals surface area (Å²) in [6.45, 7) is 6.25. The molecule has 20 heavy (non-hydrogen) atoms. The maximum atomic E-state index is 11.1. The first-order chi connectivity index (χ1) is 9.24. The van der Waals surface area contributed by atoms with Crippen molar-refractivity contribution in [2.45, 2.75) is 39.5 Å². The molecular formula is C13H17ClN2O4. The van der Waals surface area contributed by atoms with E-state index in [2.05, 4.69) is 9.27 Å². The van der Waals surface area contributed by atoms with Crippen molar-refractivity contribution >= 4 is 24.2 Å². The fourth-order valence-electron chi connectivity index (χ4n) is 1.53. The zero-order chi connectivity index (χ0) is 15.3. The molecule has 1 amide bonds. The quantitative estimate of drug-likeness (QED) is 0.840. The van der Waals surface area contributed by atoms with Gasteiger partial charge in [-0.25, -0.2) is 9.78 Å². The number of aliphatic hydroxyl groups is 1. The van der Waals surface area contributed by atoms with Crippen molar-refractivity contribution in [2.75, 3.05) is 0 Å². The van der Waals surface area contributed by atoms with Crippen molar-refractivity contribution in [3.8, 4) is 0 Å². The monoisotopic (exact) mass is 300 g/mol. The maximum Gasteiger partial charge on any atom is 0.374 e. The predicted octanol–water partition coefficient (Wildman–Crippen LogP) is 1.64. The molecule has 0 bridgehead atoms. The molecule has 0 saturated heterocycles. The molecule has 0 radical (unpaired) electrons. The summed E-state index contributed by atoms with van der Waals surface area (Å²) in [5.74, 6) is -0.691. The van der Waals surface area contributed by atoms with E-state index >= 15 is 0 Å². The van der Waals surface area contributed by atoms with Crippen LogP contribution in [0.2, 0.25) is 0 Å². The normalized spacial score (nSPS) is 13.2. The van der Waals surface area contributed by atoms with Gasteiger partial charge in [-0.1, -0.05) is 0 Å². The Labute approximate surface area is 122 Å². The van der Waals surface area contributed by atoms with E-state index in [1.165, 1.54) is 0 Å². The lowest BCUT2D eigenvalue weighted by atomic mass is 10.1. The number of amides is 1. The van der Waals surface area contributed by atoms with Gasteiger partial charge in [0.2, 0.25) is 6.41 Å². The predicted molar refractivity (Wildman–Crippen MR) is 72.8 cm³/mol. The van der Waals surface area contributed by atoms with E-state index in [0.29, 0.717) is 13.1 Å². The first-order valence-electron chi connectivity index (χ1n) is 5.97. The summed E-state index contributed by atoms with van der Waals surface area (Å²) in [6.07, 6.45) is 2.32. The van der Waals surface area contributed by atoms with Crippen LogP contribution in [0.5, 0.6) is 0 Å². The lowest BCUT2D eigenvalue weighted by molar-refractivity contribution is -0.118. The van der Waals surface area contributed by atoms with Crippen LogP contribution in [0.4, 0.5) is 0 Å². The number of nitrogens with zero attached hydrogens (tertiary/aromatic N) is 2. The molecular weight excluding hydrogens is 284 g/mol. The van der Waals surface area contributed by atoms with Crippen LogP contribution in [-0.4, -0.2) is 33.0 Å². The van der Waals surface area contributed by atoms with Crippen LogP contribution >= 0.6 is 11.9 Å². The van der Waals surface area contributed by atoms with Crippen LogP contribution in [0.1, 0.15) is 42.4 Å². The van der Waals surface area contributed by atoms with Gasteiger partial charge in [0.1, 0.15) is 17.6 Å². The van der Waals surface area contributed by atoms with Crippen molar-refractivity contribution in [1.82, 2.24) is 9.88 Å². The zero-order valence-corrected chi connectivity index (χ0v) is 12.3. The average Bonchev–Trinajstić information content (AvgIpc) is 2.77. The molecule has 1 aliphatic rings. The highest BCUT2D eigenvalue weighted by Gasteiger charge is 2.20. The summed E-state index contributed by atoms with van der Waals surface area (Å²) in [7, 11) is 0. The molecule has 1 N–H and O–H groups in total. The van der Waals surface area contributed by atoms with Gasteiger partial charge >= 0.3 is 5.97 Å². The summed E-state index contributed by atoms with van der Waals surface area (Å²) >= 11 is 4.94. The third-order valence-corrected chi connectivity index (χ3v) is 2.40. The van der Waals surface area contributed by atoms with Gasteiger partial charge in [0.05, 0.1) is 5.60 Å². The maximum absolute atomic E-state index is 11.1. The van der Waals surface area contributed by atoms with Gasteiger partial charge in [-0.15, -0.1) is 0 Å². The molecule has 7 heteroatoms. The molecule has 1 aromatic rings. The molecule has 1 aromatic heterocycles. The fraction of sp³-hybridized carbons (Fsp3) is 0.462. The Hall–Kier alpha value is -1.66. The minimum Gasteiger partial charge on any atom is -0.391 e. The zero-order valence-electron chi connectivity index (χ0n) is 11.6. The number of pyridine rings is 1. The van der Waals surface area contributed by atoms with E-state index in [-0.39, 0.29) is 5.69 Å². The molecule has 0 spiro atoms. The minimum atomic E-state index is -0.691. The Morgan fingerprint density at radius 2 is 2.00 bits per heavy atom. The molecule has 1 aliphatic heterocycles. The number of carbonyl (C=O) groups is 2. The second kappa shape index (κ2) is 6.67. The summed E-state index contributed by atoms with van der Waals surface area (Å²) in [5, 5.41) is 8.52. The van der Waals surface area contributed by atoms with Crippen molar-refractivity contribution in [1.29, 1.82) is 0 Å². The molecule has 2 heterocycles. The highest BCUT2D eigenvalue weighted by molar-refractivity contribution is 6.15. The third-order valence-electron chi connectivity index (χ3n) is 2.26. The third kappa shape index (κ3) is 5.14. The first kappa shape index (κ1) is 16.4. The Morgan fingerprint density at radius 3 is 2.50 bits per heavy atom. The average molecular weight is 301 g/mol.